The maximum absolute atomic E-state index is 12.7. The zero-order chi connectivity index (χ0) is 22.9. The molecule has 0 aliphatic carbocycles. The fourth-order valence-electron chi connectivity index (χ4n) is 3.81. The first-order valence-electron chi connectivity index (χ1n) is 11.0. The highest BCUT2D eigenvalue weighted by molar-refractivity contribution is 5.80. The largest absolute Gasteiger partial charge is 0.433 e. The molecule has 6 nitrogen and oxygen atoms in total. The van der Waals surface area contributed by atoms with Gasteiger partial charge in [0, 0.05) is 32.2 Å². The van der Waals surface area contributed by atoms with E-state index in [0.29, 0.717) is 18.8 Å². The molecule has 1 atom stereocenters. The van der Waals surface area contributed by atoms with Crippen molar-refractivity contribution in [2.45, 2.75) is 39.1 Å². The number of benzene rings is 2. The van der Waals surface area contributed by atoms with E-state index in [-0.39, 0.29) is 11.8 Å². The fourth-order valence-corrected chi connectivity index (χ4v) is 3.81. The number of aliphatic imine (C=N–C) groups is 1. The van der Waals surface area contributed by atoms with Gasteiger partial charge in [0.05, 0.1) is 12.2 Å². The van der Waals surface area contributed by atoms with Crippen LogP contribution in [0.15, 0.2) is 53.5 Å². The third-order valence-corrected chi connectivity index (χ3v) is 5.24. The lowest BCUT2D eigenvalue weighted by Crippen LogP contribution is -2.44. The predicted octanol–water partition coefficient (Wildman–Crippen LogP) is 3.68. The van der Waals surface area contributed by atoms with Crippen molar-refractivity contribution < 1.29 is 13.5 Å². The number of alkyl halides is 2. The standard InChI is InChI=1S/C24H33F2N5O/c1-4-27-24(28-15-18-9-11-19(12-10-18)16-30(2)3)29-20-13-14-31(17-20)21-7-5-6-8-22(21)32-23(25)26/h5-12,20,23H,4,13-17H2,1-3H3,(H2,27,28,29). The van der Waals surface area contributed by atoms with Gasteiger partial charge < -0.3 is 25.2 Å². The topological polar surface area (TPSA) is 52.1 Å². The first-order chi connectivity index (χ1) is 15.4. The van der Waals surface area contributed by atoms with Crippen molar-refractivity contribution in [3.63, 3.8) is 0 Å². The second-order valence-electron chi connectivity index (χ2n) is 8.17. The quantitative estimate of drug-likeness (QED) is 0.456. The van der Waals surface area contributed by atoms with Crippen LogP contribution in [-0.4, -0.2) is 57.2 Å². The summed E-state index contributed by atoms with van der Waals surface area (Å²) in [6.45, 7) is 2.90. The number of anilines is 1. The lowest BCUT2D eigenvalue weighted by Gasteiger charge is -2.22. The van der Waals surface area contributed by atoms with Crippen molar-refractivity contribution >= 4 is 11.6 Å². The summed E-state index contributed by atoms with van der Waals surface area (Å²) in [6, 6.07) is 15.6. The molecule has 1 unspecified atom stereocenters. The Morgan fingerprint density at radius 2 is 1.88 bits per heavy atom. The Morgan fingerprint density at radius 1 is 1.16 bits per heavy atom. The number of hydrogen-bond donors (Lipinski definition) is 2. The Hall–Kier alpha value is -2.87. The summed E-state index contributed by atoms with van der Waals surface area (Å²) in [5.74, 6) is 0.968. The minimum atomic E-state index is -2.84. The molecule has 0 saturated carbocycles. The first kappa shape index (κ1) is 23.8. The van der Waals surface area contributed by atoms with Crippen LogP contribution >= 0.6 is 0 Å². The summed E-state index contributed by atoms with van der Waals surface area (Å²) in [5.41, 5.74) is 3.11. The monoisotopic (exact) mass is 445 g/mol. The highest BCUT2D eigenvalue weighted by atomic mass is 19.3. The zero-order valence-corrected chi connectivity index (χ0v) is 19.0. The van der Waals surface area contributed by atoms with Crippen LogP contribution < -0.4 is 20.3 Å². The van der Waals surface area contributed by atoms with Gasteiger partial charge in [-0.05, 0) is 50.7 Å². The van der Waals surface area contributed by atoms with Gasteiger partial charge in [-0.15, -0.1) is 0 Å². The third kappa shape index (κ3) is 7.09. The molecule has 1 saturated heterocycles. The third-order valence-electron chi connectivity index (χ3n) is 5.24. The average Bonchev–Trinajstić information content (AvgIpc) is 3.21. The molecule has 1 aliphatic rings. The molecule has 0 aromatic heterocycles. The molecule has 3 rings (SSSR count). The summed E-state index contributed by atoms with van der Waals surface area (Å²) in [5, 5.41) is 6.79. The molecule has 174 valence electrons. The van der Waals surface area contributed by atoms with E-state index in [2.05, 4.69) is 58.8 Å². The number of hydrogen-bond acceptors (Lipinski definition) is 4. The van der Waals surface area contributed by atoms with Crippen molar-refractivity contribution in [3.8, 4) is 5.75 Å². The minimum absolute atomic E-state index is 0.162. The van der Waals surface area contributed by atoms with E-state index in [9.17, 15) is 8.78 Å². The lowest BCUT2D eigenvalue weighted by atomic mass is 10.1. The normalized spacial score (nSPS) is 16.7. The second-order valence-corrected chi connectivity index (χ2v) is 8.17. The summed E-state index contributed by atoms with van der Waals surface area (Å²) >= 11 is 0. The van der Waals surface area contributed by atoms with Crippen molar-refractivity contribution in [3.05, 3.63) is 59.7 Å². The van der Waals surface area contributed by atoms with Gasteiger partial charge in [0.25, 0.3) is 0 Å². The van der Waals surface area contributed by atoms with Crippen LogP contribution in [0.25, 0.3) is 0 Å². The number of para-hydroxylation sites is 2. The molecule has 32 heavy (non-hydrogen) atoms. The Kier molecular flexibility index (Phi) is 8.67. The summed E-state index contributed by atoms with van der Waals surface area (Å²) < 4.78 is 30.2. The molecule has 1 aliphatic heterocycles. The number of guanidine groups is 1. The maximum atomic E-state index is 12.7. The summed E-state index contributed by atoms with van der Waals surface area (Å²) in [6.07, 6.45) is 0.882. The van der Waals surface area contributed by atoms with Crippen molar-refractivity contribution in [2.75, 3.05) is 38.6 Å². The highest BCUT2D eigenvalue weighted by Crippen LogP contribution is 2.31. The molecule has 0 bridgehead atoms. The molecule has 0 amide bonds. The van der Waals surface area contributed by atoms with Crippen LogP contribution in [0.4, 0.5) is 14.5 Å². The molecule has 0 spiro atoms. The highest BCUT2D eigenvalue weighted by Gasteiger charge is 2.26. The van der Waals surface area contributed by atoms with Crippen LogP contribution in [0, 0.1) is 0 Å². The van der Waals surface area contributed by atoms with E-state index >= 15 is 0 Å². The second kappa shape index (κ2) is 11.7. The molecule has 8 heteroatoms. The molecule has 2 N–H and O–H groups in total. The van der Waals surface area contributed by atoms with Crippen molar-refractivity contribution in [1.82, 2.24) is 15.5 Å². The van der Waals surface area contributed by atoms with E-state index in [4.69, 9.17) is 9.73 Å². The first-order valence-corrected chi connectivity index (χ1v) is 11.0. The molecule has 1 fully saturated rings. The number of nitrogens with one attached hydrogen (secondary N) is 2. The zero-order valence-electron chi connectivity index (χ0n) is 19.0. The predicted molar refractivity (Wildman–Crippen MR) is 125 cm³/mol. The smallest absolute Gasteiger partial charge is 0.387 e. The Balaban J connectivity index is 1.60. The van der Waals surface area contributed by atoms with Gasteiger partial charge in [-0.2, -0.15) is 8.78 Å². The molecule has 1 heterocycles. The van der Waals surface area contributed by atoms with Crippen molar-refractivity contribution in [1.29, 1.82) is 0 Å². The van der Waals surface area contributed by atoms with Gasteiger partial charge in [-0.3, -0.25) is 0 Å². The minimum Gasteiger partial charge on any atom is -0.433 e. The van der Waals surface area contributed by atoms with Gasteiger partial charge in [0.2, 0.25) is 0 Å². The Morgan fingerprint density at radius 3 is 2.56 bits per heavy atom. The molecular formula is C24H33F2N5O. The van der Waals surface area contributed by atoms with Gasteiger partial charge in [0.1, 0.15) is 5.75 Å². The summed E-state index contributed by atoms with van der Waals surface area (Å²) in [7, 11) is 4.11. The Labute approximate surface area is 189 Å². The average molecular weight is 446 g/mol. The van der Waals surface area contributed by atoms with E-state index in [0.717, 1.165) is 37.6 Å². The number of nitrogens with zero attached hydrogens (tertiary/aromatic N) is 3. The lowest BCUT2D eigenvalue weighted by molar-refractivity contribution is -0.0495. The van der Waals surface area contributed by atoms with Gasteiger partial charge in [0.15, 0.2) is 5.96 Å². The SMILES string of the molecule is CCNC(=NCc1ccc(CN(C)C)cc1)NC1CCN(c2ccccc2OC(F)F)C1. The van der Waals surface area contributed by atoms with E-state index in [1.165, 1.54) is 5.56 Å². The summed E-state index contributed by atoms with van der Waals surface area (Å²) in [4.78, 5) is 8.95. The molecule has 2 aromatic carbocycles. The van der Waals surface area contributed by atoms with Crippen molar-refractivity contribution in [2.24, 2.45) is 4.99 Å². The van der Waals surface area contributed by atoms with E-state index < -0.39 is 6.61 Å². The van der Waals surface area contributed by atoms with Gasteiger partial charge >= 0.3 is 6.61 Å². The molecule has 2 aromatic rings. The van der Waals surface area contributed by atoms with Crippen LogP contribution in [-0.2, 0) is 13.1 Å². The van der Waals surface area contributed by atoms with Crippen LogP contribution in [0.2, 0.25) is 0 Å². The van der Waals surface area contributed by atoms with Gasteiger partial charge in [-0.25, -0.2) is 4.99 Å². The molecular weight excluding hydrogens is 412 g/mol. The van der Waals surface area contributed by atoms with E-state index in [1.807, 2.05) is 19.1 Å². The fraction of sp³-hybridized carbons (Fsp3) is 0.458. The van der Waals surface area contributed by atoms with Crippen LogP contribution in [0.1, 0.15) is 24.5 Å². The Bertz CT molecular complexity index is 873. The maximum Gasteiger partial charge on any atom is 0.387 e. The number of rotatable bonds is 9. The van der Waals surface area contributed by atoms with E-state index in [1.54, 1.807) is 12.1 Å². The van der Waals surface area contributed by atoms with Crippen LogP contribution in [0.3, 0.4) is 0 Å². The number of halogens is 2. The van der Waals surface area contributed by atoms with Crippen LogP contribution in [0.5, 0.6) is 5.75 Å². The molecule has 0 radical (unpaired) electrons. The van der Waals surface area contributed by atoms with Gasteiger partial charge in [-0.1, -0.05) is 36.4 Å². The number of ether oxygens (including phenoxy) is 1.